The molecule has 3 atom stereocenters. The topological polar surface area (TPSA) is 66.4 Å². The molecular formula is C9H13NO3. The van der Waals surface area contributed by atoms with Crippen molar-refractivity contribution >= 4 is 11.8 Å². The summed E-state index contributed by atoms with van der Waals surface area (Å²) >= 11 is 0. The fraction of sp³-hybridized carbons (Fsp3) is 0.778. The van der Waals surface area contributed by atoms with E-state index in [-0.39, 0.29) is 11.8 Å². The fourth-order valence-electron chi connectivity index (χ4n) is 2.34. The molecule has 4 nitrogen and oxygen atoms in total. The lowest BCUT2D eigenvalue weighted by Crippen LogP contribution is -2.38. The van der Waals surface area contributed by atoms with Gasteiger partial charge in [0.15, 0.2) is 0 Å². The molecule has 0 aromatic carbocycles. The maximum atomic E-state index is 11.1. The highest BCUT2D eigenvalue weighted by Gasteiger charge is 2.40. The van der Waals surface area contributed by atoms with Crippen LogP contribution in [0.3, 0.4) is 0 Å². The van der Waals surface area contributed by atoms with Gasteiger partial charge in [0, 0.05) is 18.9 Å². The summed E-state index contributed by atoms with van der Waals surface area (Å²) in [6.45, 7) is 0. The first-order chi connectivity index (χ1) is 6.16. The normalized spacial score (nSPS) is 38.8. The molecule has 13 heavy (non-hydrogen) atoms. The smallest absolute Gasteiger partial charge is 0.320 e. The van der Waals surface area contributed by atoms with Gasteiger partial charge in [-0.05, 0) is 18.8 Å². The summed E-state index contributed by atoms with van der Waals surface area (Å²) in [6.07, 6.45) is 2.71. The van der Waals surface area contributed by atoms with Gasteiger partial charge in [-0.1, -0.05) is 0 Å². The number of fused-ring (bicyclic) bond motifs is 1. The van der Waals surface area contributed by atoms with E-state index in [9.17, 15) is 9.59 Å². The Morgan fingerprint density at radius 1 is 1.54 bits per heavy atom. The van der Waals surface area contributed by atoms with Gasteiger partial charge in [0.05, 0.1) is 0 Å². The van der Waals surface area contributed by atoms with Gasteiger partial charge in [-0.25, -0.2) is 0 Å². The molecule has 1 heterocycles. The molecule has 0 bridgehead atoms. The molecule has 0 aromatic heterocycles. The molecule has 2 aliphatic rings. The van der Waals surface area contributed by atoms with E-state index in [2.05, 4.69) is 5.32 Å². The summed E-state index contributed by atoms with van der Waals surface area (Å²) in [5, 5.41) is 11.8. The van der Waals surface area contributed by atoms with Crippen LogP contribution in [0.5, 0.6) is 0 Å². The molecule has 4 heteroatoms. The lowest BCUT2D eigenvalue weighted by molar-refractivity contribution is -0.139. The van der Waals surface area contributed by atoms with Crippen LogP contribution in [0.2, 0.25) is 0 Å². The van der Waals surface area contributed by atoms with Crippen LogP contribution in [0.1, 0.15) is 25.7 Å². The second kappa shape index (κ2) is 3.10. The zero-order valence-corrected chi connectivity index (χ0v) is 7.32. The number of rotatable bonds is 1. The molecular weight excluding hydrogens is 170 g/mol. The van der Waals surface area contributed by atoms with E-state index in [0.29, 0.717) is 25.2 Å². The van der Waals surface area contributed by atoms with Crippen LogP contribution < -0.4 is 5.32 Å². The number of aliphatic carboxylic acids is 1. The van der Waals surface area contributed by atoms with Crippen molar-refractivity contribution in [1.29, 1.82) is 0 Å². The number of carbonyl (C=O) groups is 2. The van der Waals surface area contributed by atoms with Crippen molar-refractivity contribution in [2.24, 2.45) is 5.92 Å². The van der Waals surface area contributed by atoms with Crippen LogP contribution in [-0.2, 0) is 9.59 Å². The highest BCUT2D eigenvalue weighted by atomic mass is 16.4. The molecule has 72 valence electrons. The molecule has 1 saturated carbocycles. The number of hydrogen-bond acceptors (Lipinski definition) is 3. The SMILES string of the molecule is O=C1CC[C@H]2C[C@@H](C(=O)O)N[C@H]2C1. The second-order valence-electron chi connectivity index (χ2n) is 3.94. The summed E-state index contributed by atoms with van der Waals surface area (Å²) in [5.41, 5.74) is 0. The van der Waals surface area contributed by atoms with Crippen molar-refractivity contribution < 1.29 is 14.7 Å². The standard InChI is InChI=1S/C9H13NO3/c11-6-2-1-5-3-8(9(12)13)10-7(5)4-6/h5,7-8,10H,1-4H2,(H,12,13)/t5-,7-,8-/m0/s1. The maximum absolute atomic E-state index is 11.1. The van der Waals surface area contributed by atoms with Gasteiger partial charge in [0.2, 0.25) is 0 Å². The third-order valence-electron chi connectivity index (χ3n) is 3.06. The molecule has 1 aliphatic carbocycles. The van der Waals surface area contributed by atoms with Gasteiger partial charge in [-0.2, -0.15) is 0 Å². The van der Waals surface area contributed by atoms with Crippen LogP contribution in [0.15, 0.2) is 0 Å². The quantitative estimate of drug-likeness (QED) is 0.608. The molecule has 0 amide bonds. The minimum Gasteiger partial charge on any atom is -0.480 e. The zero-order chi connectivity index (χ0) is 9.42. The van der Waals surface area contributed by atoms with Gasteiger partial charge in [-0.3, -0.25) is 9.59 Å². The molecule has 2 fully saturated rings. The van der Waals surface area contributed by atoms with Gasteiger partial charge in [0.25, 0.3) is 0 Å². The molecule has 0 aromatic rings. The van der Waals surface area contributed by atoms with Crippen molar-refractivity contribution in [3.8, 4) is 0 Å². The Morgan fingerprint density at radius 3 is 3.00 bits per heavy atom. The van der Waals surface area contributed by atoms with Crippen LogP contribution in [0.4, 0.5) is 0 Å². The molecule has 0 unspecified atom stereocenters. The third kappa shape index (κ3) is 1.58. The predicted octanol–water partition coefficient (Wildman–Crippen LogP) is 0.171. The summed E-state index contributed by atoms with van der Waals surface area (Å²) in [7, 11) is 0. The van der Waals surface area contributed by atoms with E-state index in [1.807, 2.05) is 0 Å². The molecule has 2 rings (SSSR count). The summed E-state index contributed by atoms with van der Waals surface area (Å²) in [4.78, 5) is 21.8. The number of carbonyl (C=O) groups excluding carboxylic acids is 1. The molecule has 0 spiro atoms. The lowest BCUT2D eigenvalue weighted by Gasteiger charge is -2.23. The van der Waals surface area contributed by atoms with Crippen LogP contribution >= 0.6 is 0 Å². The van der Waals surface area contributed by atoms with Crippen LogP contribution in [-0.4, -0.2) is 28.9 Å². The minimum absolute atomic E-state index is 0.127. The van der Waals surface area contributed by atoms with E-state index >= 15 is 0 Å². The highest BCUT2D eigenvalue weighted by Crippen LogP contribution is 2.31. The number of carboxylic acid groups (broad SMARTS) is 1. The largest absolute Gasteiger partial charge is 0.480 e. The van der Waals surface area contributed by atoms with Crippen molar-refractivity contribution in [3.63, 3.8) is 0 Å². The number of carboxylic acids is 1. The minimum atomic E-state index is -0.790. The van der Waals surface area contributed by atoms with E-state index < -0.39 is 12.0 Å². The summed E-state index contributed by atoms with van der Waals surface area (Å²) < 4.78 is 0. The van der Waals surface area contributed by atoms with Crippen molar-refractivity contribution in [1.82, 2.24) is 5.32 Å². The van der Waals surface area contributed by atoms with E-state index in [1.54, 1.807) is 0 Å². The van der Waals surface area contributed by atoms with E-state index in [4.69, 9.17) is 5.11 Å². The predicted molar refractivity (Wildman–Crippen MR) is 45.3 cm³/mol. The Kier molecular flexibility index (Phi) is 2.07. The average molecular weight is 183 g/mol. The maximum Gasteiger partial charge on any atom is 0.320 e. The van der Waals surface area contributed by atoms with Gasteiger partial charge < -0.3 is 10.4 Å². The Balaban J connectivity index is 2.02. The first-order valence-corrected chi connectivity index (χ1v) is 4.67. The number of Topliss-reactive ketones (excluding diaryl/α,β-unsaturated/α-hetero) is 1. The Morgan fingerprint density at radius 2 is 2.31 bits per heavy atom. The third-order valence-corrected chi connectivity index (χ3v) is 3.06. The fourth-order valence-corrected chi connectivity index (χ4v) is 2.34. The zero-order valence-electron chi connectivity index (χ0n) is 7.32. The van der Waals surface area contributed by atoms with Gasteiger partial charge in [-0.15, -0.1) is 0 Å². The Labute approximate surface area is 76.3 Å². The first-order valence-electron chi connectivity index (χ1n) is 4.67. The average Bonchev–Trinajstić information content (AvgIpc) is 2.46. The molecule has 0 radical (unpaired) electrons. The van der Waals surface area contributed by atoms with Crippen LogP contribution in [0, 0.1) is 5.92 Å². The number of nitrogens with one attached hydrogen (secondary N) is 1. The van der Waals surface area contributed by atoms with Crippen molar-refractivity contribution in [3.05, 3.63) is 0 Å². The van der Waals surface area contributed by atoms with E-state index in [1.165, 1.54) is 0 Å². The van der Waals surface area contributed by atoms with Gasteiger partial charge in [0.1, 0.15) is 11.8 Å². The highest BCUT2D eigenvalue weighted by molar-refractivity contribution is 5.81. The van der Waals surface area contributed by atoms with Crippen LogP contribution in [0.25, 0.3) is 0 Å². The van der Waals surface area contributed by atoms with Gasteiger partial charge >= 0.3 is 5.97 Å². The Bertz CT molecular complexity index is 251. The van der Waals surface area contributed by atoms with Crippen molar-refractivity contribution in [2.45, 2.75) is 37.8 Å². The number of hydrogen-bond donors (Lipinski definition) is 2. The summed E-state index contributed by atoms with van der Waals surface area (Å²) in [6, 6.07) is -0.303. The first kappa shape index (κ1) is 8.69. The molecule has 1 aliphatic heterocycles. The van der Waals surface area contributed by atoms with E-state index in [0.717, 1.165) is 6.42 Å². The Hall–Kier alpha value is -0.900. The summed E-state index contributed by atoms with van der Waals surface area (Å²) in [5.74, 6) is -0.125. The lowest BCUT2D eigenvalue weighted by atomic mass is 9.84. The molecule has 1 saturated heterocycles. The molecule has 2 N–H and O–H groups in total. The monoisotopic (exact) mass is 183 g/mol. The van der Waals surface area contributed by atoms with Crippen molar-refractivity contribution in [2.75, 3.05) is 0 Å². The number of ketones is 1. The second-order valence-corrected chi connectivity index (χ2v) is 3.94.